The number of aromatic nitrogens is 1. The van der Waals surface area contributed by atoms with Crippen LogP contribution < -0.4 is 5.32 Å². The highest BCUT2D eigenvalue weighted by atomic mass is 35.5. The number of nitriles is 1. The predicted octanol–water partition coefficient (Wildman–Crippen LogP) is 4.24. The van der Waals surface area contributed by atoms with E-state index in [-0.39, 0.29) is 6.10 Å². The molecular weight excluding hydrogens is 340 g/mol. The van der Waals surface area contributed by atoms with Crippen LogP contribution in [0.4, 0.5) is 16.3 Å². The van der Waals surface area contributed by atoms with E-state index in [2.05, 4.69) is 21.4 Å². The molecule has 1 aliphatic rings. The van der Waals surface area contributed by atoms with E-state index in [9.17, 15) is 4.79 Å². The van der Waals surface area contributed by atoms with Crippen LogP contribution in [-0.4, -0.2) is 22.9 Å². The third-order valence-corrected chi connectivity index (χ3v) is 3.87. The van der Waals surface area contributed by atoms with Crippen LogP contribution in [0.5, 0.6) is 0 Å². The average Bonchev–Trinajstić information content (AvgIpc) is 2.98. The molecule has 0 saturated carbocycles. The lowest BCUT2D eigenvalue weighted by atomic mass is 10.0. The van der Waals surface area contributed by atoms with Crippen LogP contribution in [0, 0.1) is 11.3 Å². The van der Waals surface area contributed by atoms with Gasteiger partial charge in [0.15, 0.2) is 5.82 Å². The zero-order valence-corrected chi connectivity index (χ0v) is 14.5. The van der Waals surface area contributed by atoms with E-state index >= 15 is 0 Å². The van der Waals surface area contributed by atoms with Gasteiger partial charge in [-0.1, -0.05) is 11.6 Å². The third kappa shape index (κ3) is 3.78. The highest BCUT2D eigenvalue weighted by Gasteiger charge is 2.20. The lowest BCUT2D eigenvalue weighted by Gasteiger charge is -2.11. The fourth-order valence-corrected chi connectivity index (χ4v) is 2.71. The minimum Gasteiger partial charge on any atom is -0.447 e. The monoisotopic (exact) mass is 354 g/mol. The van der Waals surface area contributed by atoms with Crippen molar-refractivity contribution in [3.63, 3.8) is 0 Å². The second-order valence-corrected chi connectivity index (χ2v) is 6.23. The zero-order chi connectivity index (χ0) is 18.0. The van der Waals surface area contributed by atoms with Gasteiger partial charge in [0, 0.05) is 34.5 Å². The summed E-state index contributed by atoms with van der Waals surface area (Å²) in [7, 11) is 0. The van der Waals surface area contributed by atoms with Crippen molar-refractivity contribution in [3.05, 3.63) is 52.2 Å². The first kappa shape index (κ1) is 16.9. The molecule has 1 aliphatic heterocycles. The first-order valence-electron chi connectivity index (χ1n) is 7.70. The molecule has 1 aromatic carbocycles. The molecule has 7 heteroatoms. The van der Waals surface area contributed by atoms with Crippen LogP contribution in [0.3, 0.4) is 0 Å². The van der Waals surface area contributed by atoms with Crippen molar-refractivity contribution in [1.29, 1.82) is 5.26 Å². The van der Waals surface area contributed by atoms with Crippen molar-refractivity contribution in [2.24, 2.45) is 4.99 Å². The van der Waals surface area contributed by atoms with Gasteiger partial charge in [-0.3, -0.25) is 5.32 Å². The Kier molecular flexibility index (Phi) is 4.68. The Morgan fingerprint density at radius 2 is 2.20 bits per heavy atom. The molecule has 0 fully saturated rings. The predicted molar refractivity (Wildman–Crippen MR) is 95.5 cm³/mol. The largest absolute Gasteiger partial charge is 0.447 e. The van der Waals surface area contributed by atoms with E-state index in [1.54, 1.807) is 38.1 Å². The second kappa shape index (κ2) is 6.91. The number of anilines is 1. The molecule has 2 heterocycles. The van der Waals surface area contributed by atoms with Gasteiger partial charge in [0.05, 0.1) is 17.4 Å². The summed E-state index contributed by atoms with van der Waals surface area (Å²) in [6.45, 7) is 3.56. The molecule has 0 aliphatic carbocycles. The molecule has 6 nitrogen and oxygen atoms in total. The molecule has 3 rings (SSSR count). The molecule has 25 heavy (non-hydrogen) atoms. The van der Waals surface area contributed by atoms with Crippen LogP contribution in [-0.2, 0) is 11.2 Å². The molecule has 1 N–H and O–H groups in total. The van der Waals surface area contributed by atoms with Crippen LogP contribution in [0.25, 0.3) is 0 Å². The molecule has 0 spiro atoms. The maximum Gasteiger partial charge on any atom is 0.411 e. The fourth-order valence-electron chi connectivity index (χ4n) is 2.48. The van der Waals surface area contributed by atoms with Crippen LogP contribution >= 0.6 is 11.6 Å². The summed E-state index contributed by atoms with van der Waals surface area (Å²) in [5, 5.41) is 12.2. The lowest BCUT2D eigenvalue weighted by Crippen LogP contribution is -2.18. The summed E-state index contributed by atoms with van der Waals surface area (Å²) in [6.07, 6.45) is 1.28. The van der Waals surface area contributed by atoms with Gasteiger partial charge in [-0.2, -0.15) is 5.26 Å². The highest BCUT2D eigenvalue weighted by Crippen LogP contribution is 2.31. The van der Waals surface area contributed by atoms with Gasteiger partial charge < -0.3 is 4.74 Å². The molecule has 2 aromatic rings. The fraction of sp³-hybridized carbons (Fsp3) is 0.222. The number of fused-ring (bicyclic) bond motifs is 1. The number of carbonyl (C=O) groups is 1. The number of rotatable bonds is 3. The summed E-state index contributed by atoms with van der Waals surface area (Å²) in [5.74, 6) is 0.586. The molecule has 0 bridgehead atoms. The van der Waals surface area contributed by atoms with E-state index in [1.807, 2.05) is 0 Å². The summed E-state index contributed by atoms with van der Waals surface area (Å²) in [6, 6.07) is 8.98. The number of hydrogen-bond donors (Lipinski definition) is 1. The Morgan fingerprint density at radius 3 is 2.92 bits per heavy atom. The number of hydrogen-bond acceptors (Lipinski definition) is 5. The van der Waals surface area contributed by atoms with Crippen LogP contribution in [0.2, 0.25) is 5.02 Å². The average molecular weight is 355 g/mol. The maximum atomic E-state index is 11.8. The van der Waals surface area contributed by atoms with Crippen molar-refractivity contribution >= 4 is 34.9 Å². The van der Waals surface area contributed by atoms with Crippen molar-refractivity contribution in [3.8, 4) is 6.07 Å². The number of nitrogens with zero attached hydrogens (tertiary/aromatic N) is 3. The van der Waals surface area contributed by atoms with Gasteiger partial charge in [0.2, 0.25) is 0 Å². The molecule has 1 aromatic heterocycles. The number of benzene rings is 1. The van der Waals surface area contributed by atoms with E-state index < -0.39 is 6.09 Å². The van der Waals surface area contributed by atoms with Crippen molar-refractivity contribution in [2.45, 2.75) is 26.4 Å². The second-order valence-electron chi connectivity index (χ2n) is 5.83. The Morgan fingerprint density at radius 1 is 1.40 bits per heavy atom. The number of amides is 1. The quantitative estimate of drug-likeness (QED) is 0.892. The minimum absolute atomic E-state index is 0.208. The van der Waals surface area contributed by atoms with Crippen molar-refractivity contribution in [2.75, 3.05) is 5.32 Å². The van der Waals surface area contributed by atoms with Gasteiger partial charge in [0.1, 0.15) is 6.07 Å². The molecule has 1 amide bonds. The van der Waals surface area contributed by atoms with Gasteiger partial charge in [-0.25, -0.2) is 14.8 Å². The van der Waals surface area contributed by atoms with Crippen LogP contribution in [0.15, 0.2) is 35.5 Å². The summed E-state index contributed by atoms with van der Waals surface area (Å²) in [5.41, 5.74) is 3.38. The first-order chi connectivity index (χ1) is 12.0. The standard InChI is InChI=1S/C18H15ClN4O2/c1-10(2)25-18(24)22-13-3-4-15(19)14(7-13)16-6-12-5-11(8-20)9-21-17(12)23-16/h3-5,7,9-10H,6H2,1-2H3,(H,22,24). The molecular formula is C18H15ClN4O2. The van der Waals surface area contributed by atoms with E-state index in [4.69, 9.17) is 21.6 Å². The Hall–Kier alpha value is -2.91. The highest BCUT2D eigenvalue weighted by molar-refractivity contribution is 6.34. The van der Waals surface area contributed by atoms with Crippen molar-refractivity contribution < 1.29 is 9.53 Å². The number of nitrogens with one attached hydrogen (secondary N) is 1. The number of ether oxygens (including phenoxy) is 1. The zero-order valence-electron chi connectivity index (χ0n) is 13.7. The van der Waals surface area contributed by atoms with E-state index in [1.165, 1.54) is 6.20 Å². The topological polar surface area (TPSA) is 87.4 Å². The Labute approximate surface area is 150 Å². The van der Waals surface area contributed by atoms with Crippen molar-refractivity contribution in [1.82, 2.24) is 4.98 Å². The smallest absolute Gasteiger partial charge is 0.411 e. The molecule has 0 atom stereocenters. The first-order valence-corrected chi connectivity index (χ1v) is 8.08. The third-order valence-electron chi connectivity index (χ3n) is 3.54. The van der Waals surface area contributed by atoms with Gasteiger partial charge in [-0.15, -0.1) is 0 Å². The van der Waals surface area contributed by atoms with Gasteiger partial charge in [0.25, 0.3) is 0 Å². The number of pyridine rings is 1. The van der Waals surface area contributed by atoms with E-state index in [0.717, 1.165) is 11.3 Å². The molecule has 0 radical (unpaired) electrons. The number of halogens is 1. The number of carbonyl (C=O) groups excluding carboxylic acids is 1. The van der Waals surface area contributed by atoms with Gasteiger partial charge in [-0.05, 0) is 38.1 Å². The molecule has 0 saturated heterocycles. The molecule has 0 unspecified atom stereocenters. The SMILES string of the molecule is CC(C)OC(=O)Nc1ccc(Cl)c(C2=Nc3ncc(C#N)cc3C2)c1. The maximum absolute atomic E-state index is 11.8. The minimum atomic E-state index is -0.528. The van der Waals surface area contributed by atoms with E-state index in [0.29, 0.717) is 34.1 Å². The van der Waals surface area contributed by atoms with Gasteiger partial charge >= 0.3 is 6.09 Å². The lowest BCUT2D eigenvalue weighted by molar-refractivity contribution is 0.130. The number of aliphatic imine (C=N–C) groups is 1. The normalized spacial score (nSPS) is 12.4. The Bertz CT molecular complexity index is 916. The Balaban J connectivity index is 1.85. The molecule has 126 valence electrons. The summed E-state index contributed by atoms with van der Waals surface area (Å²) >= 11 is 6.30. The van der Waals surface area contributed by atoms with Crippen LogP contribution in [0.1, 0.15) is 30.5 Å². The summed E-state index contributed by atoms with van der Waals surface area (Å²) < 4.78 is 5.07. The summed E-state index contributed by atoms with van der Waals surface area (Å²) in [4.78, 5) is 20.4.